The average Bonchev–Trinajstić information content (AvgIpc) is 3.13. The predicted molar refractivity (Wildman–Crippen MR) is 108 cm³/mol. The molecule has 5 rings (SSSR count). The summed E-state index contributed by atoms with van der Waals surface area (Å²) in [7, 11) is 0. The van der Waals surface area contributed by atoms with Gasteiger partial charge in [-0.1, -0.05) is 25.5 Å². The van der Waals surface area contributed by atoms with Gasteiger partial charge in [-0.3, -0.25) is 0 Å². The van der Waals surface area contributed by atoms with Gasteiger partial charge in [0.1, 0.15) is 11.7 Å². The predicted octanol–water partition coefficient (Wildman–Crippen LogP) is 4.19. The topological polar surface area (TPSA) is 58.9 Å². The van der Waals surface area contributed by atoms with Gasteiger partial charge in [-0.15, -0.1) is 0 Å². The first-order chi connectivity index (χ1) is 13.1. The maximum Gasteiger partial charge on any atom is 0.163 e. The molecule has 5 fully saturated rings. The van der Waals surface area contributed by atoms with E-state index in [0.29, 0.717) is 24.2 Å². The monoisotopic (exact) mass is 390 g/mol. The van der Waals surface area contributed by atoms with E-state index in [4.69, 9.17) is 9.47 Å². The Morgan fingerprint density at radius 1 is 1.00 bits per heavy atom. The Morgan fingerprint density at radius 3 is 2.46 bits per heavy atom. The van der Waals surface area contributed by atoms with E-state index in [1.54, 1.807) is 5.57 Å². The summed E-state index contributed by atoms with van der Waals surface area (Å²) < 4.78 is 13.0. The lowest BCUT2D eigenvalue weighted by atomic mass is 9.42. The van der Waals surface area contributed by atoms with E-state index in [1.807, 2.05) is 13.8 Å². The summed E-state index contributed by atoms with van der Waals surface area (Å²) in [5, 5.41) is 22.6. The maximum absolute atomic E-state index is 12.1. The Bertz CT molecular complexity index is 701. The molecular weight excluding hydrogens is 352 g/mol. The molecule has 0 amide bonds. The molecule has 4 unspecified atom stereocenters. The molecule has 0 spiro atoms. The van der Waals surface area contributed by atoms with Gasteiger partial charge in [0.25, 0.3) is 0 Å². The van der Waals surface area contributed by atoms with Crippen LogP contribution in [0, 0.1) is 28.6 Å². The Morgan fingerprint density at radius 2 is 1.75 bits per heavy atom. The number of hydrogen-bond acceptors (Lipinski definition) is 4. The Balaban J connectivity index is 1.63. The van der Waals surface area contributed by atoms with Gasteiger partial charge in [0, 0.05) is 11.8 Å². The highest BCUT2D eigenvalue weighted by Gasteiger charge is 2.73. The molecule has 0 aromatic heterocycles. The van der Waals surface area contributed by atoms with Crippen LogP contribution in [-0.4, -0.2) is 39.9 Å². The second kappa shape index (κ2) is 5.84. The molecule has 1 heterocycles. The summed E-state index contributed by atoms with van der Waals surface area (Å²) in [6, 6.07) is 0. The molecule has 5 aliphatic rings. The van der Waals surface area contributed by atoms with Crippen LogP contribution in [0.1, 0.15) is 79.6 Å². The minimum absolute atomic E-state index is 0.0794. The van der Waals surface area contributed by atoms with Crippen molar-refractivity contribution < 1.29 is 19.7 Å². The Labute approximate surface area is 169 Å². The molecular formula is C24H38O4. The lowest BCUT2D eigenvalue weighted by Gasteiger charge is -2.66. The van der Waals surface area contributed by atoms with Crippen LogP contribution in [-0.2, 0) is 9.47 Å². The molecule has 1 aliphatic heterocycles. The van der Waals surface area contributed by atoms with E-state index in [9.17, 15) is 10.2 Å². The van der Waals surface area contributed by atoms with Crippen molar-refractivity contribution in [2.24, 2.45) is 28.6 Å². The van der Waals surface area contributed by atoms with Crippen molar-refractivity contribution in [3.05, 3.63) is 11.6 Å². The number of aliphatic hydroxyl groups excluding tert-OH is 1. The fraction of sp³-hybridized carbons (Fsp3) is 0.917. The van der Waals surface area contributed by atoms with Crippen LogP contribution >= 0.6 is 0 Å². The van der Waals surface area contributed by atoms with Crippen molar-refractivity contribution >= 4 is 0 Å². The van der Waals surface area contributed by atoms with Gasteiger partial charge < -0.3 is 19.7 Å². The third kappa shape index (κ3) is 2.27. The first-order valence-electron chi connectivity index (χ1n) is 11.5. The summed E-state index contributed by atoms with van der Waals surface area (Å²) >= 11 is 0. The Kier molecular flexibility index (Phi) is 4.07. The van der Waals surface area contributed by atoms with E-state index in [-0.39, 0.29) is 23.0 Å². The molecule has 0 radical (unpaired) electrons. The van der Waals surface area contributed by atoms with Gasteiger partial charge in [-0.05, 0) is 82.5 Å². The lowest BCUT2D eigenvalue weighted by molar-refractivity contribution is -0.273. The van der Waals surface area contributed by atoms with Gasteiger partial charge >= 0.3 is 0 Å². The minimum Gasteiger partial charge on any atom is -0.393 e. The molecule has 2 N–H and O–H groups in total. The van der Waals surface area contributed by atoms with Gasteiger partial charge in [0.15, 0.2) is 5.79 Å². The molecule has 4 heteroatoms. The number of aliphatic hydroxyl groups is 2. The largest absolute Gasteiger partial charge is 0.393 e. The SMILES string of the molecule is CC=C1CCC2C3C(CC[C@]12C)[C@@]1(C)CC[C@H](O)CC1(O)[C@H]1OC(C)(C)O[C@H]31. The molecule has 4 saturated carbocycles. The van der Waals surface area contributed by atoms with E-state index in [1.165, 1.54) is 19.3 Å². The molecule has 4 nitrogen and oxygen atoms in total. The highest BCUT2D eigenvalue weighted by Crippen LogP contribution is 2.70. The van der Waals surface area contributed by atoms with Gasteiger partial charge in [0.2, 0.25) is 0 Å². The lowest BCUT2D eigenvalue weighted by Crippen LogP contribution is -2.72. The normalized spacial score (nSPS) is 58.8. The summed E-state index contributed by atoms with van der Waals surface area (Å²) in [6.45, 7) is 10.9. The number of hydrogen-bond donors (Lipinski definition) is 2. The third-order valence-corrected chi connectivity index (χ3v) is 9.86. The van der Waals surface area contributed by atoms with Crippen LogP contribution < -0.4 is 0 Å². The summed E-state index contributed by atoms with van der Waals surface area (Å²) in [6.07, 6.45) is 8.31. The van der Waals surface area contributed by atoms with E-state index in [0.717, 1.165) is 19.3 Å². The van der Waals surface area contributed by atoms with Crippen molar-refractivity contribution in [3.8, 4) is 0 Å². The van der Waals surface area contributed by atoms with Crippen LogP contribution in [0.25, 0.3) is 0 Å². The van der Waals surface area contributed by atoms with Crippen molar-refractivity contribution in [3.63, 3.8) is 0 Å². The van der Waals surface area contributed by atoms with E-state index >= 15 is 0 Å². The van der Waals surface area contributed by atoms with Gasteiger partial charge in [-0.25, -0.2) is 0 Å². The van der Waals surface area contributed by atoms with Crippen LogP contribution in [0.2, 0.25) is 0 Å². The summed E-state index contributed by atoms with van der Waals surface area (Å²) in [4.78, 5) is 0. The van der Waals surface area contributed by atoms with Gasteiger partial charge in [0.05, 0.1) is 12.2 Å². The smallest absolute Gasteiger partial charge is 0.163 e. The molecule has 0 aromatic carbocycles. The van der Waals surface area contributed by atoms with Crippen LogP contribution in [0.15, 0.2) is 11.6 Å². The fourth-order valence-corrected chi connectivity index (χ4v) is 8.48. The van der Waals surface area contributed by atoms with Crippen molar-refractivity contribution in [2.45, 2.75) is 109 Å². The maximum atomic E-state index is 12.1. The first-order valence-corrected chi connectivity index (χ1v) is 11.5. The molecule has 28 heavy (non-hydrogen) atoms. The molecule has 0 bridgehead atoms. The second-order valence-electron chi connectivity index (χ2n) is 11.4. The third-order valence-electron chi connectivity index (χ3n) is 9.86. The number of rotatable bonds is 0. The van der Waals surface area contributed by atoms with Crippen LogP contribution in [0.4, 0.5) is 0 Å². The fourth-order valence-electron chi connectivity index (χ4n) is 8.48. The highest BCUT2D eigenvalue weighted by molar-refractivity contribution is 5.27. The van der Waals surface area contributed by atoms with Crippen molar-refractivity contribution in [2.75, 3.05) is 0 Å². The minimum atomic E-state index is -1.01. The average molecular weight is 391 g/mol. The summed E-state index contributed by atoms with van der Waals surface area (Å²) in [5.74, 6) is 0.760. The number of allylic oxidation sites excluding steroid dienone is 2. The van der Waals surface area contributed by atoms with E-state index < -0.39 is 17.5 Å². The molecule has 4 aliphatic carbocycles. The molecule has 9 atom stereocenters. The number of fused-ring (bicyclic) bond motifs is 8. The van der Waals surface area contributed by atoms with Crippen molar-refractivity contribution in [1.29, 1.82) is 0 Å². The first kappa shape index (κ1) is 19.5. The second-order valence-corrected chi connectivity index (χ2v) is 11.4. The highest BCUT2D eigenvalue weighted by atomic mass is 16.8. The van der Waals surface area contributed by atoms with E-state index in [2.05, 4.69) is 26.8 Å². The summed E-state index contributed by atoms with van der Waals surface area (Å²) in [5.41, 5.74) is 0.647. The van der Waals surface area contributed by atoms with Crippen LogP contribution in [0.5, 0.6) is 0 Å². The Hall–Kier alpha value is -0.420. The molecule has 158 valence electrons. The zero-order valence-corrected chi connectivity index (χ0v) is 18.2. The molecule has 0 aromatic rings. The molecule has 1 saturated heterocycles. The zero-order chi connectivity index (χ0) is 20.1. The van der Waals surface area contributed by atoms with Crippen LogP contribution in [0.3, 0.4) is 0 Å². The van der Waals surface area contributed by atoms with Crippen molar-refractivity contribution in [1.82, 2.24) is 0 Å². The quantitative estimate of drug-likeness (QED) is 0.609. The van der Waals surface area contributed by atoms with Gasteiger partial charge in [-0.2, -0.15) is 0 Å². The number of ether oxygens (including phenoxy) is 2. The zero-order valence-electron chi connectivity index (χ0n) is 18.2. The standard InChI is InChI=1S/C24H38O4/c1-6-14-7-8-16-18-17(10-11-22(14,16)4)23(5)12-9-15(25)13-24(23,26)20-19(18)27-21(2,3)28-20/h6,15-20,25-26H,7-13H2,1-5H3/t15-,16?,17?,18?,19+,20-,22+,23+,24?/m0/s1.